The van der Waals surface area contributed by atoms with Crippen LogP contribution in [0, 0.1) is 12.3 Å². The molecule has 0 aromatic carbocycles. The number of ether oxygens (including phenoxy) is 1. The van der Waals surface area contributed by atoms with Gasteiger partial charge in [0.05, 0.1) is 11.1 Å². The van der Waals surface area contributed by atoms with Crippen LogP contribution in [0.15, 0.2) is 4.21 Å². The number of likely N-dealkylation sites (tertiary alicyclic amines) is 1. The van der Waals surface area contributed by atoms with Crippen LogP contribution in [0.4, 0.5) is 9.93 Å². The summed E-state index contributed by atoms with van der Waals surface area (Å²) in [6, 6.07) is 0. The Balaban J connectivity index is 1.73. The first kappa shape index (κ1) is 23.0. The highest BCUT2D eigenvalue weighted by atomic mass is 32.2. The van der Waals surface area contributed by atoms with Gasteiger partial charge in [0.15, 0.2) is 9.34 Å². The first-order chi connectivity index (χ1) is 13.5. The lowest BCUT2D eigenvalue weighted by molar-refractivity contribution is -0.134. The van der Waals surface area contributed by atoms with E-state index in [1.54, 1.807) is 53.4 Å². The number of amides is 2. The number of sulfonamides is 1. The summed E-state index contributed by atoms with van der Waals surface area (Å²) in [6.07, 6.45) is 0.164. The molecule has 1 N–H and O–H groups in total. The fraction of sp³-hybridized carbons (Fsp3) is 0.737. The van der Waals surface area contributed by atoms with Gasteiger partial charge in [-0.1, -0.05) is 11.3 Å². The molecule has 3 rings (SSSR count). The number of carbonyl (C=O) groups is 2. The minimum Gasteiger partial charge on any atom is -0.444 e. The maximum Gasteiger partial charge on any atom is 0.410 e. The summed E-state index contributed by atoms with van der Waals surface area (Å²) in [5.41, 5.74) is -1.49. The molecule has 0 aliphatic carbocycles. The summed E-state index contributed by atoms with van der Waals surface area (Å²) in [6.45, 7) is 13.4. The minimum absolute atomic E-state index is 0.116. The van der Waals surface area contributed by atoms with E-state index in [-0.39, 0.29) is 10.1 Å². The van der Waals surface area contributed by atoms with Crippen LogP contribution in [0.3, 0.4) is 0 Å². The predicted molar refractivity (Wildman–Crippen MR) is 114 cm³/mol. The first-order valence-electron chi connectivity index (χ1n) is 9.84. The third-order valence-electron chi connectivity index (χ3n) is 4.81. The number of hydrogen-bond acceptors (Lipinski definition) is 7. The Morgan fingerprint density at radius 2 is 1.80 bits per heavy atom. The smallest absolute Gasteiger partial charge is 0.410 e. The lowest BCUT2D eigenvalue weighted by atomic mass is 9.78. The van der Waals surface area contributed by atoms with E-state index in [0.717, 1.165) is 11.3 Å². The minimum atomic E-state index is -3.73. The second-order valence-corrected chi connectivity index (χ2v) is 12.9. The van der Waals surface area contributed by atoms with E-state index in [2.05, 4.69) is 9.71 Å². The van der Waals surface area contributed by atoms with Crippen LogP contribution in [0.2, 0.25) is 0 Å². The van der Waals surface area contributed by atoms with Crippen molar-refractivity contribution in [2.45, 2.75) is 70.2 Å². The predicted octanol–water partition coefficient (Wildman–Crippen LogP) is 2.50. The first-order valence-corrected chi connectivity index (χ1v) is 12.1. The molecule has 30 heavy (non-hydrogen) atoms. The highest BCUT2D eigenvalue weighted by molar-refractivity contribution is 7.91. The molecule has 2 amide bonds. The van der Waals surface area contributed by atoms with Gasteiger partial charge in [-0.15, -0.1) is 0 Å². The van der Waals surface area contributed by atoms with Crippen LogP contribution in [-0.2, 0) is 19.6 Å². The van der Waals surface area contributed by atoms with Gasteiger partial charge in [-0.3, -0.25) is 9.69 Å². The molecule has 11 heteroatoms. The Hall–Kier alpha value is -1.72. The van der Waals surface area contributed by atoms with E-state index >= 15 is 0 Å². The number of nitrogens with one attached hydrogen (secondary N) is 1. The van der Waals surface area contributed by atoms with E-state index in [1.807, 2.05) is 0 Å². The number of anilines is 1. The van der Waals surface area contributed by atoms with Gasteiger partial charge in [0, 0.05) is 25.2 Å². The molecule has 2 aliphatic heterocycles. The third-order valence-corrected chi connectivity index (χ3v) is 8.36. The van der Waals surface area contributed by atoms with Crippen molar-refractivity contribution in [1.82, 2.24) is 14.6 Å². The van der Waals surface area contributed by atoms with Gasteiger partial charge in [0.25, 0.3) is 10.0 Å². The number of thiazole rings is 1. The van der Waals surface area contributed by atoms with Gasteiger partial charge in [-0.2, -0.15) is 0 Å². The molecule has 0 radical (unpaired) electrons. The molecule has 1 aromatic rings. The van der Waals surface area contributed by atoms with E-state index in [0.29, 0.717) is 36.9 Å². The molecule has 1 spiro atoms. The maximum absolute atomic E-state index is 13.1. The molecule has 0 unspecified atom stereocenters. The number of carbonyl (C=O) groups excluding carboxylic acids is 2. The van der Waals surface area contributed by atoms with Crippen molar-refractivity contribution in [3.8, 4) is 0 Å². The van der Waals surface area contributed by atoms with Crippen LogP contribution < -0.4 is 9.62 Å². The Kier molecular flexibility index (Phi) is 5.48. The molecule has 3 heterocycles. The van der Waals surface area contributed by atoms with Gasteiger partial charge < -0.3 is 9.64 Å². The van der Waals surface area contributed by atoms with Crippen LogP contribution >= 0.6 is 11.3 Å². The second kappa shape index (κ2) is 7.16. The van der Waals surface area contributed by atoms with Crippen LogP contribution in [0.25, 0.3) is 0 Å². The zero-order valence-corrected chi connectivity index (χ0v) is 20.2. The summed E-state index contributed by atoms with van der Waals surface area (Å²) in [7, 11) is -3.73. The fourth-order valence-corrected chi connectivity index (χ4v) is 6.57. The summed E-state index contributed by atoms with van der Waals surface area (Å²) in [5.74, 6) is -0.121. The Morgan fingerprint density at radius 3 is 2.33 bits per heavy atom. The van der Waals surface area contributed by atoms with Gasteiger partial charge in [0.1, 0.15) is 5.60 Å². The molecule has 0 atom stereocenters. The zero-order chi connectivity index (χ0) is 22.7. The zero-order valence-electron chi connectivity index (χ0n) is 18.5. The number of hydrogen-bond donors (Lipinski definition) is 1. The molecular weight excluding hydrogens is 428 g/mol. The van der Waals surface area contributed by atoms with E-state index in [1.165, 1.54) is 4.90 Å². The monoisotopic (exact) mass is 458 g/mol. The van der Waals surface area contributed by atoms with Crippen molar-refractivity contribution < 1.29 is 22.7 Å². The van der Waals surface area contributed by atoms with Crippen LogP contribution in [0.1, 0.15) is 53.7 Å². The van der Waals surface area contributed by atoms with Crippen molar-refractivity contribution in [1.29, 1.82) is 0 Å². The van der Waals surface area contributed by atoms with Crippen LogP contribution in [-0.4, -0.2) is 61.1 Å². The maximum atomic E-state index is 13.1. The molecule has 0 saturated carbocycles. The normalized spacial score (nSPS) is 19.4. The highest BCUT2D eigenvalue weighted by Gasteiger charge is 2.57. The molecule has 2 saturated heterocycles. The summed E-state index contributed by atoms with van der Waals surface area (Å²) >= 11 is 0.997. The largest absolute Gasteiger partial charge is 0.444 e. The molecule has 9 nitrogen and oxygen atoms in total. The number of aryl methyl sites for hydroxylation is 1. The average molecular weight is 459 g/mol. The molecule has 1 aromatic heterocycles. The lowest BCUT2D eigenvalue weighted by Crippen LogP contribution is -2.62. The molecule has 2 fully saturated rings. The number of aromatic nitrogens is 1. The van der Waals surface area contributed by atoms with E-state index in [9.17, 15) is 18.0 Å². The van der Waals surface area contributed by atoms with Gasteiger partial charge in [-0.05, 0) is 54.9 Å². The van der Waals surface area contributed by atoms with Gasteiger partial charge in [0.2, 0.25) is 5.91 Å². The van der Waals surface area contributed by atoms with Crippen molar-refractivity contribution in [3.63, 3.8) is 0 Å². The molecule has 168 valence electrons. The van der Waals surface area contributed by atoms with Crippen LogP contribution in [0.5, 0.6) is 0 Å². The van der Waals surface area contributed by atoms with Crippen molar-refractivity contribution >= 4 is 38.5 Å². The van der Waals surface area contributed by atoms with Gasteiger partial charge >= 0.3 is 6.09 Å². The Morgan fingerprint density at radius 1 is 1.20 bits per heavy atom. The second-order valence-electron chi connectivity index (χ2n) is 10.0. The number of rotatable bonds is 3. The standard InChI is InChI=1S/C19H30N4O5S2/c1-12-13(30(26,27)21-17(2,3)4)29-15(20-12)23-9-8-19(14(23)24)10-22(11-19)16(25)28-18(5,6)7/h21H,8-11H2,1-7H3. The van der Waals surface area contributed by atoms with E-state index in [4.69, 9.17) is 4.74 Å². The highest BCUT2D eigenvalue weighted by Crippen LogP contribution is 2.44. The Labute approximate surface area is 181 Å². The topological polar surface area (TPSA) is 109 Å². The van der Waals surface area contributed by atoms with Gasteiger partial charge in [-0.25, -0.2) is 22.9 Å². The lowest BCUT2D eigenvalue weighted by Gasteiger charge is -2.46. The molecule has 0 bridgehead atoms. The molecule has 2 aliphatic rings. The fourth-order valence-electron chi connectivity index (χ4n) is 3.62. The van der Waals surface area contributed by atoms with Crippen molar-refractivity contribution in [2.24, 2.45) is 5.41 Å². The number of nitrogens with zero attached hydrogens (tertiary/aromatic N) is 3. The third kappa shape index (κ3) is 4.47. The molecular formula is C19H30N4O5S2. The quantitative estimate of drug-likeness (QED) is 0.745. The van der Waals surface area contributed by atoms with E-state index < -0.39 is 32.7 Å². The summed E-state index contributed by atoms with van der Waals surface area (Å²) in [5, 5.41) is 0.374. The summed E-state index contributed by atoms with van der Waals surface area (Å²) < 4.78 is 33.5. The SMILES string of the molecule is Cc1nc(N2CCC3(CN(C(=O)OC(C)(C)C)C3)C2=O)sc1S(=O)(=O)NC(C)(C)C. The van der Waals surface area contributed by atoms with Crippen molar-refractivity contribution in [3.05, 3.63) is 5.69 Å². The van der Waals surface area contributed by atoms with Crippen molar-refractivity contribution in [2.75, 3.05) is 24.5 Å². The summed E-state index contributed by atoms with van der Waals surface area (Å²) in [4.78, 5) is 32.8. The Bertz CT molecular complexity index is 966. The average Bonchev–Trinajstić information content (AvgIpc) is 3.02.